The van der Waals surface area contributed by atoms with Crippen molar-refractivity contribution in [3.05, 3.63) is 69.5 Å². The second kappa shape index (κ2) is 11.7. The zero-order valence-corrected chi connectivity index (χ0v) is 25.0. The summed E-state index contributed by atoms with van der Waals surface area (Å²) >= 11 is 1.51. The van der Waals surface area contributed by atoms with E-state index in [0.29, 0.717) is 23.1 Å². The maximum Gasteiger partial charge on any atom is 0.254 e. The van der Waals surface area contributed by atoms with Gasteiger partial charge in [-0.1, -0.05) is 6.07 Å². The van der Waals surface area contributed by atoms with E-state index in [1.807, 2.05) is 45.6 Å². The highest BCUT2D eigenvalue weighted by molar-refractivity contribution is 7.98. The predicted octanol–water partition coefficient (Wildman–Crippen LogP) is 5.77. The molecule has 3 heterocycles. The van der Waals surface area contributed by atoms with Crippen molar-refractivity contribution in [1.29, 1.82) is 0 Å². The molecule has 1 saturated carbocycles. The Morgan fingerprint density at radius 3 is 2.60 bits per heavy atom. The van der Waals surface area contributed by atoms with Crippen LogP contribution in [0, 0.1) is 19.8 Å². The first-order valence-electron chi connectivity index (χ1n) is 13.9. The van der Waals surface area contributed by atoms with E-state index in [-0.39, 0.29) is 24.1 Å². The number of amides is 1. The number of aromatic amines is 1. The van der Waals surface area contributed by atoms with E-state index in [9.17, 15) is 9.59 Å². The van der Waals surface area contributed by atoms with Crippen LogP contribution in [0.1, 0.15) is 66.0 Å². The molecule has 40 heavy (non-hydrogen) atoms. The SMILES string of the molecule is CO[C@H]1CC[C@@H]([C@@H](C)n2c(C)c(C(=O)NCc3c(SC)cc(C)[nH]c3=O)c3cc(-c4cnn(C)c4)ccc32)CC1. The fraction of sp³-hybridized carbons (Fsp3) is 0.452. The molecule has 1 aromatic carbocycles. The molecule has 4 aromatic rings. The summed E-state index contributed by atoms with van der Waals surface area (Å²) in [6.07, 6.45) is 10.4. The second-order valence-corrected chi connectivity index (χ2v) is 11.8. The van der Waals surface area contributed by atoms with Crippen molar-refractivity contribution < 1.29 is 9.53 Å². The standard InChI is InChI=1S/C31H39N5O3S/c1-18-13-28(40-6)26(30(37)34-18)16-32-31(38)29-20(3)36(19(2)21-7-10-24(39-5)11-8-21)27-12-9-22(14-25(27)29)23-15-33-35(4)17-23/h9,12-15,17,19,21,24H,7-8,10-11,16H2,1-6H3,(H,32,38)(H,34,37)/t19-,21-,24+/m1/s1. The van der Waals surface area contributed by atoms with E-state index in [1.165, 1.54) is 11.8 Å². The van der Waals surface area contributed by atoms with Gasteiger partial charge in [-0.3, -0.25) is 14.3 Å². The third-order valence-electron chi connectivity index (χ3n) is 8.53. The molecule has 1 fully saturated rings. The summed E-state index contributed by atoms with van der Waals surface area (Å²) in [5.74, 6) is 0.330. The van der Waals surface area contributed by atoms with Gasteiger partial charge < -0.3 is 19.6 Å². The van der Waals surface area contributed by atoms with Crippen molar-refractivity contribution in [2.45, 2.75) is 70.0 Å². The number of ether oxygens (including phenoxy) is 1. The first-order chi connectivity index (χ1) is 19.2. The molecule has 8 nitrogen and oxygen atoms in total. The largest absolute Gasteiger partial charge is 0.381 e. The van der Waals surface area contributed by atoms with E-state index in [2.05, 4.69) is 45.1 Å². The molecule has 212 valence electrons. The number of methoxy groups -OCH3 is 1. The van der Waals surface area contributed by atoms with Crippen molar-refractivity contribution in [3.63, 3.8) is 0 Å². The number of aromatic nitrogens is 4. The highest BCUT2D eigenvalue weighted by atomic mass is 32.2. The van der Waals surface area contributed by atoms with Gasteiger partial charge >= 0.3 is 0 Å². The average Bonchev–Trinajstić information content (AvgIpc) is 3.51. The van der Waals surface area contributed by atoms with E-state index in [1.54, 1.807) is 11.8 Å². The van der Waals surface area contributed by atoms with Crippen molar-refractivity contribution >= 4 is 28.6 Å². The van der Waals surface area contributed by atoms with Gasteiger partial charge in [0.2, 0.25) is 0 Å². The number of pyridine rings is 1. The number of H-pyrrole nitrogens is 1. The number of nitrogens with zero attached hydrogens (tertiary/aromatic N) is 3. The van der Waals surface area contributed by atoms with E-state index >= 15 is 0 Å². The number of thioether (sulfide) groups is 1. The van der Waals surface area contributed by atoms with Gasteiger partial charge in [0.15, 0.2) is 0 Å². The first kappa shape index (κ1) is 28.2. The molecule has 0 saturated heterocycles. The first-order valence-corrected chi connectivity index (χ1v) is 15.2. The number of nitrogens with one attached hydrogen (secondary N) is 2. The van der Waals surface area contributed by atoms with Gasteiger partial charge in [0.05, 0.1) is 17.9 Å². The van der Waals surface area contributed by atoms with Gasteiger partial charge in [-0.25, -0.2) is 0 Å². The molecule has 1 amide bonds. The number of carbonyl (C=O) groups excluding carboxylic acids is 1. The zero-order chi connectivity index (χ0) is 28.6. The van der Waals surface area contributed by atoms with Gasteiger partial charge in [0, 0.05) is 71.3 Å². The topological polar surface area (TPSA) is 93.9 Å². The Morgan fingerprint density at radius 2 is 1.95 bits per heavy atom. The summed E-state index contributed by atoms with van der Waals surface area (Å²) in [5.41, 5.74) is 5.89. The summed E-state index contributed by atoms with van der Waals surface area (Å²) in [6.45, 7) is 6.35. The monoisotopic (exact) mass is 561 g/mol. The third-order valence-corrected chi connectivity index (χ3v) is 9.34. The molecular formula is C31H39N5O3S. The Labute approximate surface area is 239 Å². The summed E-state index contributed by atoms with van der Waals surface area (Å²) in [4.78, 5) is 30.4. The van der Waals surface area contributed by atoms with E-state index < -0.39 is 0 Å². The van der Waals surface area contributed by atoms with Crippen LogP contribution in [0.3, 0.4) is 0 Å². The van der Waals surface area contributed by atoms with Crippen LogP contribution < -0.4 is 10.9 Å². The zero-order valence-electron chi connectivity index (χ0n) is 24.2. The highest BCUT2D eigenvalue weighted by Gasteiger charge is 2.30. The maximum absolute atomic E-state index is 13.9. The summed E-state index contributed by atoms with van der Waals surface area (Å²) in [5, 5.41) is 8.32. The van der Waals surface area contributed by atoms with Gasteiger partial charge in [-0.05, 0) is 82.4 Å². The summed E-state index contributed by atoms with van der Waals surface area (Å²) in [7, 11) is 3.70. The number of fused-ring (bicyclic) bond motifs is 1. The van der Waals surface area contributed by atoms with Crippen molar-refractivity contribution in [1.82, 2.24) is 24.6 Å². The lowest BCUT2D eigenvalue weighted by Gasteiger charge is -2.33. The normalized spacial score (nSPS) is 18.2. The number of hydrogen-bond donors (Lipinski definition) is 2. The Morgan fingerprint density at radius 1 is 1.20 bits per heavy atom. The third kappa shape index (κ3) is 5.37. The van der Waals surface area contributed by atoms with Crippen LogP contribution in [0.2, 0.25) is 0 Å². The minimum Gasteiger partial charge on any atom is -0.381 e. The Balaban J connectivity index is 1.54. The van der Waals surface area contributed by atoms with Crippen molar-refractivity contribution in [3.8, 4) is 11.1 Å². The number of benzene rings is 1. The number of carbonyl (C=O) groups is 1. The molecule has 1 aliphatic carbocycles. The second-order valence-electron chi connectivity index (χ2n) is 11.0. The number of rotatable bonds is 8. The van der Waals surface area contributed by atoms with Gasteiger partial charge in [0.25, 0.3) is 11.5 Å². The molecule has 2 N–H and O–H groups in total. The summed E-state index contributed by atoms with van der Waals surface area (Å²) in [6, 6.07) is 8.53. The van der Waals surface area contributed by atoms with E-state index in [0.717, 1.165) is 64.0 Å². The molecule has 3 aromatic heterocycles. The maximum atomic E-state index is 13.9. The Kier molecular flexibility index (Phi) is 8.24. The van der Waals surface area contributed by atoms with Crippen LogP contribution in [0.5, 0.6) is 0 Å². The van der Waals surface area contributed by atoms with Crippen LogP contribution in [-0.2, 0) is 18.3 Å². The lowest BCUT2D eigenvalue weighted by molar-refractivity contribution is 0.0492. The fourth-order valence-electron chi connectivity index (χ4n) is 6.31. The highest BCUT2D eigenvalue weighted by Crippen LogP contribution is 2.39. The summed E-state index contributed by atoms with van der Waals surface area (Å²) < 4.78 is 9.74. The van der Waals surface area contributed by atoms with E-state index in [4.69, 9.17) is 4.74 Å². The lowest BCUT2D eigenvalue weighted by Crippen LogP contribution is -2.29. The molecule has 0 bridgehead atoms. The minimum absolute atomic E-state index is 0.162. The fourth-order valence-corrected chi connectivity index (χ4v) is 7.02. The minimum atomic E-state index is -0.174. The molecular weight excluding hydrogens is 522 g/mol. The van der Waals surface area contributed by atoms with Crippen molar-refractivity contribution in [2.24, 2.45) is 13.0 Å². The number of aryl methyl sites for hydroxylation is 2. The predicted molar refractivity (Wildman–Crippen MR) is 161 cm³/mol. The quantitative estimate of drug-likeness (QED) is 0.267. The molecule has 0 unspecified atom stereocenters. The van der Waals surface area contributed by atoms with Crippen LogP contribution in [0.15, 0.2) is 46.3 Å². The molecule has 0 aliphatic heterocycles. The molecule has 1 atom stereocenters. The van der Waals surface area contributed by atoms with Crippen molar-refractivity contribution in [2.75, 3.05) is 13.4 Å². The Bertz CT molecular complexity index is 1590. The van der Waals surface area contributed by atoms with Crippen LogP contribution >= 0.6 is 11.8 Å². The van der Waals surface area contributed by atoms with Gasteiger partial charge in [-0.2, -0.15) is 5.10 Å². The number of hydrogen-bond acceptors (Lipinski definition) is 5. The van der Waals surface area contributed by atoms with Crippen LogP contribution in [-0.4, -0.2) is 44.7 Å². The smallest absolute Gasteiger partial charge is 0.254 e. The molecule has 5 rings (SSSR count). The Hall–Kier alpha value is -3.30. The molecule has 1 aliphatic rings. The van der Waals surface area contributed by atoms with Gasteiger partial charge in [0.1, 0.15) is 0 Å². The van der Waals surface area contributed by atoms with Crippen LogP contribution in [0.4, 0.5) is 0 Å². The average molecular weight is 562 g/mol. The molecule has 0 radical (unpaired) electrons. The van der Waals surface area contributed by atoms with Crippen LogP contribution in [0.25, 0.3) is 22.0 Å². The van der Waals surface area contributed by atoms with Gasteiger partial charge in [-0.15, -0.1) is 11.8 Å². The lowest BCUT2D eigenvalue weighted by atomic mass is 9.83. The molecule has 0 spiro atoms. The molecule has 9 heteroatoms.